The van der Waals surface area contributed by atoms with E-state index in [9.17, 15) is 9.59 Å². The van der Waals surface area contributed by atoms with Crippen LogP contribution in [0.25, 0.3) is 0 Å². The highest BCUT2D eigenvalue weighted by molar-refractivity contribution is 5.82. The minimum absolute atomic E-state index is 0.130. The van der Waals surface area contributed by atoms with Crippen LogP contribution in [0.2, 0.25) is 0 Å². The number of carboxylic acids is 1. The van der Waals surface area contributed by atoms with Gasteiger partial charge < -0.3 is 20.1 Å². The van der Waals surface area contributed by atoms with E-state index in [2.05, 4.69) is 11.9 Å². The molecule has 2 atom stereocenters. The van der Waals surface area contributed by atoms with E-state index < -0.39 is 18.0 Å². The van der Waals surface area contributed by atoms with Crippen LogP contribution in [0.3, 0.4) is 0 Å². The molecule has 0 fully saturated rings. The van der Waals surface area contributed by atoms with Crippen molar-refractivity contribution in [2.45, 2.75) is 26.3 Å². The van der Waals surface area contributed by atoms with Crippen molar-refractivity contribution < 1.29 is 19.4 Å². The van der Waals surface area contributed by atoms with Crippen molar-refractivity contribution in [1.82, 2.24) is 10.2 Å². The molecule has 6 heteroatoms. The van der Waals surface area contributed by atoms with Gasteiger partial charge in [-0.3, -0.25) is 0 Å². The number of rotatable bonds is 9. The van der Waals surface area contributed by atoms with E-state index in [0.29, 0.717) is 26.1 Å². The van der Waals surface area contributed by atoms with Gasteiger partial charge in [-0.05, 0) is 5.92 Å². The average molecular weight is 272 g/mol. The van der Waals surface area contributed by atoms with Crippen LogP contribution in [0, 0.1) is 5.92 Å². The van der Waals surface area contributed by atoms with Crippen molar-refractivity contribution >= 4 is 12.0 Å². The Kier molecular flexibility index (Phi) is 8.61. The standard InChI is InChI=1S/C13H24N2O4/c1-5-7-15(8-9-19-4)13(18)14-11(12(16)17)10(3)6-2/h5,10-11H,1,6-9H2,2-4H3,(H,14,18)(H,16,17). The Morgan fingerprint density at radius 1 is 1.53 bits per heavy atom. The molecule has 0 aromatic heterocycles. The normalized spacial score (nSPS) is 13.4. The van der Waals surface area contributed by atoms with Gasteiger partial charge in [0.25, 0.3) is 0 Å². The number of methoxy groups -OCH3 is 1. The largest absolute Gasteiger partial charge is 0.480 e. The lowest BCUT2D eigenvalue weighted by Gasteiger charge is -2.26. The molecular weight excluding hydrogens is 248 g/mol. The average Bonchev–Trinajstić information content (AvgIpc) is 2.39. The number of nitrogens with zero attached hydrogens (tertiary/aromatic N) is 1. The van der Waals surface area contributed by atoms with Gasteiger partial charge in [-0.1, -0.05) is 26.3 Å². The molecule has 2 unspecified atom stereocenters. The third-order valence-corrected chi connectivity index (χ3v) is 2.96. The molecule has 110 valence electrons. The molecule has 0 aliphatic rings. The molecule has 0 aliphatic carbocycles. The summed E-state index contributed by atoms with van der Waals surface area (Å²) in [6, 6.07) is -1.29. The van der Waals surface area contributed by atoms with Gasteiger partial charge in [0.2, 0.25) is 0 Å². The van der Waals surface area contributed by atoms with Gasteiger partial charge in [0.1, 0.15) is 6.04 Å². The summed E-state index contributed by atoms with van der Waals surface area (Å²) in [5.74, 6) is -1.15. The number of carbonyl (C=O) groups is 2. The Labute approximate surface area is 114 Å². The van der Waals surface area contributed by atoms with Gasteiger partial charge in [-0.2, -0.15) is 0 Å². The first-order valence-electron chi connectivity index (χ1n) is 6.35. The fourth-order valence-corrected chi connectivity index (χ4v) is 1.54. The van der Waals surface area contributed by atoms with E-state index in [1.54, 1.807) is 20.1 Å². The van der Waals surface area contributed by atoms with Crippen molar-refractivity contribution in [2.75, 3.05) is 26.8 Å². The van der Waals surface area contributed by atoms with E-state index in [4.69, 9.17) is 9.84 Å². The zero-order chi connectivity index (χ0) is 14.8. The lowest BCUT2D eigenvalue weighted by atomic mass is 9.99. The minimum atomic E-state index is -1.02. The lowest BCUT2D eigenvalue weighted by Crippen LogP contribution is -2.51. The quantitative estimate of drug-likeness (QED) is 0.621. The van der Waals surface area contributed by atoms with Crippen LogP contribution < -0.4 is 5.32 Å². The number of hydrogen-bond acceptors (Lipinski definition) is 3. The number of hydrogen-bond donors (Lipinski definition) is 2. The number of aliphatic carboxylic acids is 1. The minimum Gasteiger partial charge on any atom is -0.480 e. The molecule has 0 aromatic rings. The number of urea groups is 1. The zero-order valence-electron chi connectivity index (χ0n) is 11.9. The summed E-state index contributed by atoms with van der Waals surface area (Å²) in [5, 5.41) is 11.7. The molecular formula is C13H24N2O4. The third-order valence-electron chi connectivity index (χ3n) is 2.96. The summed E-state index contributed by atoms with van der Waals surface area (Å²) < 4.78 is 4.92. The van der Waals surface area contributed by atoms with E-state index in [1.807, 2.05) is 6.92 Å². The summed E-state index contributed by atoms with van der Waals surface area (Å²) in [6.45, 7) is 8.39. The van der Waals surface area contributed by atoms with Gasteiger partial charge in [-0.25, -0.2) is 9.59 Å². The first-order chi connectivity index (χ1) is 8.97. The fourth-order valence-electron chi connectivity index (χ4n) is 1.54. The molecule has 0 radical (unpaired) electrons. The maximum atomic E-state index is 12.0. The summed E-state index contributed by atoms with van der Waals surface area (Å²) in [7, 11) is 1.54. The molecule has 19 heavy (non-hydrogen) atoms. The first-order valence-corrected chi connectivity index (χ1v) is 6.35. The molecule has 0 spiro atoms. The van der Waals surface area contributed by atoms with Crippen LogP contribution in [0.4, 0.5) is 4.79 Å². The van der Waals surface area contributed by atoms with Crippen LogP contribution in [-0.4, -0.2) is 54.9 Å². The molecule has 6 nitrogen and oxygen atoms in total. The van der Waals surface area contributed by atoms with E-state index in [1.165, 1.54) is 4.90 Å². The van der Waals surface area contributed by atoms with Gasteiger partial charge in [0, 0.05) is 20.2 Å². The van der Waals surface area contributed by atoms with Crippen molar-refractivity contribution in [2.24, 2.45) is 5.92 Å². The van der Waals surface area contributed by atoms with Crippen molar-refractivity contribution in [1.29, 1.82) is 0 Å². The van der Waals surface area contributed by atoms with Crippen LogP contribution in [0.15, 0.2) is 12.7 Å². The highest BCUT2D eigenvalue weighted by Gasteiger charge is 2.26. The van der Waals surface area contributed by atoms with Crippen LogP contribution in [0.1, 0.15) is 20.3 Å². The number of amides is 2. The smallest absolute Gasteiger partial charge is 0.326 e. The maximum absolute atomic E-state index is 12.0. The molecule has 0 rings (SSSR count). The zero-order valence-corrected chi connectivity index (χ0v) is 11.9. The molecule has 2 N–H and O–H groups in total. The van der Waals surface area contributed by atoms with E-state index >= 15 is 0 Å². The third kappa shape index (κ3) is 6.24. The number of nitrogens with one attached hydrogen (secondary N) is 1. The van der Waals surface area contributed by atoms with Crippen LogP contribution >= 0.6 is 0 Å². The van der Waals surface area contributed by atoms with Gasteiger partial charge in [-0.15, -0.1) is 6.58 Å². The highest BCUT2D eigenvalue weighted by atomic mass is 16.5. The second-order valence-electron chi connectivity index (χ2n) is 4.38. The summed E-state index contributed by atoms with van der Waals surface area (Å²) in [5.41, 5.74) is 0. The Balaban J connectivity index is 4.64. The number of carboxylic acid groups (broad SMARTS) is 1. The molecule has 0 aliphatic heterocycles. The van der Waals surface area contributed by atoms with E-state index in [-0.39, 0.29) is 5.92 Å². The van der Waals surface area contributed by atoms with Crippen LogP contribution in [0.5, 0.6) is 0 Å². The first kappa shape index (κ1) is 17.4. The lowest BCUT2D eigenvalue weighted by molar-refractivity contribution is -0.140. The number of ether oxygens (including phenoxy) is 1. The van der Waals surface area contributed by atoms with Crippen molar-refractivity contribution in [3.63, 3.8) is 0 Å². The van der Waals surface area contributed by atoms with Crippen LogP contribution in [-0.2, 0) is 9.53 Å². The summed E-state index contributed by atoms with van der Waals surface area (Å²) in [4.78, 5) is 24.6. The summed E-state index contributed by atoms with van der Waals surface area (Å²) >= 11 is 0. The second-order valence-corrected chi connectivity index (χ2v) is 4.38. The fraction of sp³-hybridized carbons (Fsp3) is 0.692. The highest BCUT2D eigenvalue weighted by Crippen LogP contribution is 2.08. The maximum Gasteiger partial charge on any atom is 0.326 e. The predicted molar refractivity (Wildman–Crippen MR) is 73.1 cm³/mol. The van der Waals surface area contributed by atoms with Gasteiger partial charge in [0.05, 0.1) is 6.61 Å². The second kappa shape index (κ2) is 9.38. The molecule has 0 saturated heterocycles. The SMILES string of the molecule is C=CCN(CCOC)C(=O)NC(C(=O)O)C(C)CC. The molecule has 0 heterocycles. The Bertz CT molecular complexity index is 307. The predicted octanol–water partition coefficient (Wildman–Crippen LogP) is 1.33. The van der Waals surface area contributed by atoms with Gasteiger partial charge >= 0.3 is 12.0 Å². The topological polar surface area (TPSA) is 78.9 Å². The van der Waals surface area contributed by atoms with Crippen molar-refractivity contribution in [3.8, 4) is 0 Å². The molecule has 0 aromatic carbocycles. The van der Waals surface area contributed by atoms with E-state index in [0.717, 1.165) is 0 Å². The Morgan fingerprint density at radius 3 is 2.58 bits per heavy atom. The van der Waals surface area contributed by atoms with Gasteiger partial charge in [0.15, 0.2) is 0 Å². The van der Waals surface area contributed by atoms with Crippen molar-refractivity contribution in [3.05, 3.63) is 12.7 Å². The Morgan fingerprint density at radius 2 is 2.16 bits per heavy atom. The number of carbonyl (C=O) groups excluding carboxylic acids is 1. The Hall–Kier alpha value is -1.56. The molecule has 0 saturated carbocycles. The summed E-state index contributed by atoms with van der Waals surface area (Å²) in [6.07, 6.45) is 2.27. The molecule has 0 bridgehead atoms. The monoisotopic (exact) mass is 272 g/mol. The molecule has 2 amide bonds.